The molecule has 0 aromatic heterocycles. The third-order valence-corrected chi connectivity index (χ3v) is 5.83. The number of likely N-dealkylation sites (N-methyl/N-ethyl adjacent to an activating group) is 1. The molecular formula is C17H30N4O2. The smallest absolute Gasteiger partial charge is 0.228 e. The molecule has 0 saturated carbocycles. The zero-order valence-electron chi connectivity index (χ0n) is 14.2. The van der Waals surface area contributed by atoms with Crippen molar-refractivity contribution in [1.82, 2.24) is 14.7 Å². The lowest BCUT2D eigenvalue weighted by Crippen LogP contribution is -2.44. The zero-order chi connectivity index (χ0) is 16.4. The lowest BCUT2D eigenvalue weighted by molar-refractivity contribution is -0.136. The van der Waals surface area contributed by atoms with Crippen LogP contribution in [0.1, 0.15) is 39.0 Å². The molecule has 3 saturated heterocycles. The van der Waals surface area contributed by atoms with Gasteiger partial charge in [0.05, 0.1) is 5.92 Å². The van der Waals surface area contributed by atoms with E-state index in [2.05, 4.69) is 11.8 Å². The van der Waals surface area contributed by atoms with Crippen molar-refractivity contribution < 1.29 is 9.59 Å². The van der Waals surface area contributed by atoms with Crippen molar-refractivity contribution in [2.75, 3.05) is 39.3 Å². The van der Waals surface area contributed by atoms with Gasteiger partial charge in [-0.2, -0.15) is 0 Å². The predicted molar refractivity (Wildman–Crippen MR) is 88.7 cm³/mol. The van der Waals surface area contributed by atoms with Crippen LogP contribution in [0, 0.1) is 5.92 Å². The van der Waals surface area contributed by atoms with E-state index in [1.165, 1.54) is 6.42 Å². The summed E-state index contributed by atoms with van der Waals surface area (Å²) in [5.74, 6) is 0.133. The minimum Gasteiger partial charge on any atom is -0.340 e. The van der Waals surface area contributed by atoms with Crippen LogP contribution in [0.15, 0.2) is 0 Å². The van der Waals surface area contributed by atoms with E-state index in [1.807, 2.05) is 9.80 Å². The summed E-state index contributed by atoms with van der Waals surface area (Å²) in [6.07, 6.45) is 4.80. The highest BCUT2D eigenvalue weighted by Crippen LogP contribution is 2.27. The fourth-order valence-electron chi connectivity index (χ4n) is 4.49. The molecule has 130 valence electrons. The second kappa shape index (κ2) is 7.18. The quantitative estimate of drug-likeness (QED) is 0.789. The molecule has 6 nitrogen and oxygen atoms in total. The first-order chi connectivity index (χ1) is 11.1. The first-order valence-corrected chi connectivity index (χ1v) is 9.16. The molecule has 3 unspecified atom stereocenters. The summed E-state index contributed by atoms with van der Waals surface area (Å²) in [6.45, 7) is 7.08. The summed E-state index contributed by atoms with van der Waals surface area (Å²) < 4.78 is 0. The zero-order valence-corrected chi connectivity index (χ0v) is 14.2. The van der Waals surface area contributed by atoms with Crippen LogP contribution >= 0.6 is 0 Å². The fraction of sp³-hybridized carbons (Fsp3) is 0.882. The number of hydrogen-bond acceptors (Lipinski definition) is 4. The van der Waals surface area contributed by atoms with Gasteiger partial charge in [-0.3, -0.25) is 14.5 Å². The fourth-order valence-corrected chi connectivity index (χ4v) is 4.49. The van der Waals surface area contributed by atoms with E-state index < -0.39 is 0 Å². The molecule has 0 bridgehead atoms. The molecule has 23 heavy (non-hydrogen) atoms. The monoisotopic (exact) mass is 322 g/mol. The van der Waals surface area contributed by atoms with Gasteiger partial charge in [-0.05, 0) is 38.8 Å². The molecule has 3 atom stereocenters. The van der Waals surface area contributed by atoms with Crippen LogP contribution in [0.25, 0.3) is 0 Å². The Kier molecular flexibility index (Phi) is 5.21. The Balaban J connectivity index is 1.57. The Morgan fingerprint density at radius 1 is 1.22 bits per heavy atom. The molecule has 3 heterocycles. The minimum absolute atomic E-state index is 0.146. The van der Waals surface area contributed by atoms with Gasteiger partial charge in [-0.25, -0.2) is 0 Å². The Morgan fingerprint density at radius 3 is 2.70 bits per heavy atom. The second-order valence-electron chi connectivity index (χ2n) is 7.19. The van der Waals surface area contributed by atoms with Crippen LogP contribution in [-0.4, -0.2) is 77.9 Å². The highest BCUT2D eigenvalue weighted by atomic mass is 16.2. The van der Waals surface area contributed by atoms with Crippen molar-refractivity contribution in [3.63, 3.8) is 0 Å². The molecule has 3 aliphatic heterocycles. The predicted octanol–water partition coefficient (Wildman–Crippen LogP) is 0.269. The van der Waals surface area contributed by atoms with Crippen molar-refractivity contribution in [3.8, 4) is 0 Å². The van der Waals surface area contributed by atoms with Gasteiger partial charge in [0.2, 0.25) is 11.8 Å². The highest BCUT2D eigenvalue weighted by Gasteiger charge is 2.40. The Hall–Kier alpha value is -1.14. The van der Waals surface area contributed by atoms with Gasteiger partial charge in [-0.1, -0.05) is 6.92 Å². The van der Waals surface area contributed by atoms with E-state index in [0.29, 0.717) is 25.6 Å². The summed E-state index contributed by atoms with van der Waals surface area (Å²) in [5, 5.41) is 0. The van der Waals surface area contributed by atoms with Crippen LogP contribution in [0.4, 0.5) is 0 Å². The molecule has 0 radical (unpaired) electrons. The maximum atomic E-state index is 12.7. The molecule has 0 aromatic carbocycles. The molecule has 6 heteroatoms. The van der Waals surface area contributed by atoms with E-state index in [9.17, 15) is 9.59 Å². The summed E-state index contributed by atoms with van der Waals surface area (Å²) >= 11 is 0. The Labute approximate surface area is 139 Å². The lowest BCUT2D eigenvalue weighted by Gasteiger charge is -2.29. The summed E-state index contributed by atoms with van der Waals surface area (Å²) in [6, 6.07) is 0.651. The van der Waals surface area contributed by atoms with Crippen LogP contribution in [0.5, 0.6) is 0 Å². The third kappa shape index (κ3) is 3.38. The highest BCUT2D eigenvalue weighted by molar-refractivity contribution is 5.89. The maximum Gasteiger partial charge on any atom is 0.228 e. The largest absolute Gasteiger partial charge is 0.340 e. The van der Waals surface area contributed by atoms with E-state index in [-0.39, 0.29) is 23.8 Å². The van der Waals surface area contributed by atoms with E-state index in [1.54, 1.807) is 0 Å². The first-order valence-electron chi connectivity index (χ1n) is 9.16. The van der Waals surface area contributed by atoms with Gasteiger partial charge in [0.1, 0.15) is 0 Å². The van der Waals surface area contributed by atoms with Crippen molar-refractivity contribution >= 4 is 11.8 Å². The van der Waals surface area contributed by atoms with Crippen molar-refractivity contribution in [3.05, 3.63) is 0 Å². The van der Waals surface area contributed by atoms with Gasteiger partial charge in [0.15, 0.2) is 0 Å². The standard InChI is InChI=1S/C17H30N4O2/c1-2-19-7-3-6-15(19)12-20-11-13(9-16(20)22)17(23)21-8-4-5-14(21)10-18/h13-15H,2-12,18H2,1H3. The molecule has 3 fully saturated rings. The van der Waals surface area contributed by atoms with E-state index in [0.717, 1.165) is 45.4 Å². The minimum atomic E-state index is -0.161. The van der Waals surface area contributed by atoms with Crippen molar-refractivity contribution in [2.45, 2.75) is 51.1 Å². The van der Waals surface area contributed by atoms with E-state index in [4.69, 9.17) is 5.73 Å². The molecule has 0 aliphatic carbocycles. The second-order valence-corrected chi connectivity index (χ2v) is 7.19. The van der Waals surface area contributed by atoms with Gasteiger partial charge in [-0.15, -0.1) is 0 Å². The maximum absolute atomic E-state index is 12.7. The number of rotatable bonds is 5. The normalized spacial score (nSPS) is 32.3. The Bertz CT molecular complexity index is 456. The number of carbonyl (C=O) groups is 2. The van der Waals surface area contributed by atoms with Gasteiger partial charge < -0.3 is 15.5 Å². The van der Waals surface area contributed by atoms with Crippen LogP contribution in [0.3, 0.4) is 0 Å². The van der Waals surface area contributed by atoms with E-state index >= 15 is 0 Å². The number of nitrogens with zero attached hydrogens (tertiary/aromatic N) is 3. The van der Waals surface area contributed by atoms with Gasteiger partial charge in [0, 0.05) is 44.7 Å². The summed E-state index contributed by atoms with van der Waals surface area (Å²) in [7, 11) is 0. The van der Waals surface area contributed by atoms with Gasteiger partial charge in [0.25, 0.3) is 0 Å². The molecule has 0 aromatic rings. The van der Waals surface area contributed by atoms with Crippen molar-refractivity contribution in [2.24, 2.45) is 11.7 Å². The Morgan fingerprint density at radius 2 is 1.96 bits per heavy atom. The average molecular weight is 322 g/mol. The van der Waals surface area contributed by atoms with Crippen molar-refractivity contribution in [1.29, 1.82) is 0 Å². The number of likely N-dealkylation sites (tertiary alicyclic amines) is 3. The molecule has 2 N–H and O–H groups in total. The molecule has 3 aliphatic rings. The average Bonchev–Trinajstić information content (AvgIpc) is 3.27. The number of nitrogens with two attached hydrogens (primary N) is 1. The SMILES string of the molecule is CCN1CCCC1CN1CC(C(=O)N2CCCC2CN)CC1=O. The number of carbonyl (C=O) groups excluding carboxylic acids is 2. The van der Waals surface area contributed by atoms with Crippen LogP contribution in [-0.2, 0) is 9.59 Å². The lowest BCUT2D eigenvalue weighted by atomic mass is 10.1. The number of hydrogen-bond donors (Lipinski definition) is 1. The van der Waals surface area contributed by atoms with Crippen LogP contribution < -0.4 is 5.73 Å². The molecule has 0 spiro atoms. The first kappa shape index (κ1) is 16.7. The number of amides is 2. The third-order valence-electron chi connectivity index (χ3n) is 5.83. The van der Waals surface area contributed by atoms with Gasteiger partial charge >= 0.3 is 0 Å². The molecule has 2 amide bonds. The summed E-state index contributed by atoms with van der Waals surface area (Å²) in [4.78, 5) is 31.4. The topological polar surface area (TPSA) is 69.9 Å². The van der Waals surface area contributed by atoms with Crippen LogP contribution in [0.2, 0.25) is 0 Å². The molecule has 3 rings (SSSR count). The summed E-state index contributed by atoms with van der Waals surface area (Å²) in [5.41, 5.74) is 5.78. The molecular weight excluding hydrogens is 292 g/mol.